The molecule has 3 heterocycles. The van der Waals surface area contributed by atoms with Gasteiger partial charge in [0.15, 0.2) is 0 Å². The molecule has 2 N–H and O–H groups in total. The van der Waals surface area contributed by atoms with Crippen molar-refractivity contribution < 1.29 is 9.59 Å². The minimum Gasteiger partial charge on any atom is -0.346 e. The number of thiophene rings is 2. The van der Waals surface area contributed by atoms with Crippen LogP contribution in [0.2, 0.25) is 0 Å². The molecule has 3 aromatic rings. The average Bonchev–Trinajstić information content (AvgIpc) is 3.25. The summed E-state index contributed by atoms with van der Waals surface area (Å²) >= 11 is 2.85. The fraction of sp³-hybridized carbons (Fsp3) is 0.0667. The van der Waals surface area contributed by atoms with Gasteiger partial charge in [-0.1, -0.05) is 6.07 Å². The van der Waals surface area contributed by atoms with E-state index in [0.29, 0.717) is 17.1 Å². The fourth-order valence-corrected chi connectivity index (χ4v) is 3.26. The molecular weight excluding hydrogens is 332 g/mol. The molecule has 0 atom stereocenters. The zero-order valence-corrected chi connectivity index (χ0v) is 13.5. The number of aromatic nitrogens is 2. The predicted molar refractivity (Wildman–Crippen MR) is 89.8 cm³/mol. The van der Waals surface area contributed by atoms with Crippen molar-refractivity contribution in [3.05, 3.63) is 63.0 Å². The molecule has 116 valence electrons. The first-order valence-electron chi connectivity index (χ1n) is 6.69. The minimum atomic E-state index is -0.399. The van der Waals surface area contributed by atoms with Gasteiger partial charge in [-0.2, -0.15) is 0 Å². The normalized spacial score (nSPS) is 10.3. The lowest BCUT2D eigenvalue weighted by molar-refractivity contribution is 0.0956. The first-order valence-corrected chi connectivity index (χ1v) is 8.45. The van der Waals surface area contributed by atoms with Crippen molar-refractivity contribution in [2.45, 2.75) is 6.54 Å². The Balaban J connectivity index is 1.67. The van der Waals surface area contributed by atoms with Gasteiger partial charge in [-0.05, 0) is 22.9 Å². The molecule has 0 radical (unpaired) electrons. The summed E-state index contributed by atoms with van der Waals surface area (Å²) in [5, 5.41) is 9.25. The van der Waals surface area contributed by atoms with Gasteiger partial charge in [0.05, 0.1) is 18.4 Å². The van der Waals surface area contributed by atoms with E-state index < -0.39 is 5.91 Å². The number of hydrogen-bond donors (Lipinski definition) is 2. The number of rotatable bonds is 5. The van der Waals surface area contributed by atoms with E-state index in [1.807, 2.05) is 17.5 Å². The van der Waals surface area contributed by atoms with Gasteiger partial charge in [0, 0.05) is 17.3 Å². The summed E-state index contributed by atoms with van der Waals surface area (Å²) in [7, 11) is 0. The van der Waals surface area contributed by atoms with Crippen molar-refractivity contribution in [3.63, 3.8) is 0 Å². The molecule has 3 aromatic heterocycles. The predicted octanol–water partition coefficient (Wildman–Crippen LogP) is 2.78. The highest BCUT2D eigenvalue weighted by Gasteiger charge is 2.16. The van der Waals surface area contributed by atoms with Gasteiger partial charge in [-0.25, -0.2) is 4.98 Å². The lowest BCUT2D eigenvalue weighted by Gasteiger charge is -2.06. The van der Waals surface area contributed by atoms with E-state index in [1.54, 1.807) is 22.8 Å². The van der Waals surface area contributed by atoms with Crippen LogP contribution < -0.4 is 10.6 Å². The van der Waals surface area contributed by atoms with Crippen LogP contribution in [0.3, 0.4) is 0 Å². The zero-order valence-electron chi connectivity index (χ0n) is 11.9. The van der Waals surface area contributed by atoms with Crippen LogP contribution in [0.1, 0.15) is 25.0 Å². The van der Waals surface area contributed by atoms with E-state index in [1.165, 1.54) is 29.9 Å². The largest absolute Gasteiger partial charge is 0.346 e. The summed E-state index contributed by atoms with van der Waals surface area (Å²) in [5.74, 6) is -0.619. The number of carbonyl (C=O) groups excluding carboxylic acids is 2. The molecule has 0 aliphatic carbocycles. The second-order valence-electron chi connectivity index (χ2n) is 4.47. The van der Waals surface area contributed by atoms with Crippen molar-refractivity contribution >= 4 is 40.2 Å². The zero-order chi connectivity index (χ0) is 16.1. The molecule has 6 nitrogen and oxygen atoms in total. The van der Waals surface area contributed by atoms with Crippen LogP contribution in [0, 0.1) is 0 Å². The highest BCUT2D eigenvalue weighted by atomic mass is 32.1. The second-order valence-corrected chi connectivity index (χ2v) is 6.42. The Morgan fingerprint density at radius 2 is 2.00 bits per heavy atom. The highest BCUT2D eigenvalue weighted by molar-refractivity contribution is 7.12. The molecule has 0 aliphatic heterocycles. The third-order valence-electron chi connectivity index (χ3n) is 2.92. The van der Waals surface area contributed by atoms with E-state index in [2.05, 4.69) is 20.6 Å². The van der Waals surface area contributed by atoms with Crippen LogP contribution in [0.15, 0.2) is 47.5 Å². The van der Waals surface area contributed by atoms with E-state index >= 15 is 0 Å². The SMILES string of the molecule is O=C(Nc1ccsc1C(=O)NCc1cccs1)c1cnccn1. The summed E-state index contributed by atoms with van der Waals surface area (Å²) in [6.45, 7) is 0.464. The summed E-state index contributed by atoms with van der Waals surface area (Å²) in [6, 6.07) is 5.58. The molecule has 0 bridgehead atoms. The molecule has 0 saturated heterocycles. The molecule has 2 amide bonds. The van der Waals surface area contributed by atoms with Crippen molar-refractivity contribution in [1.29, 1.82) is 0 Å². The topological polar surface area (TPSA) is 84.0 Å². The maximum Gasteiger partial charge on any atom is 0.275 e. The molecule has 23 heavy (non-hydrogen) atoms. The molecule has 3 rings (SSSR count). The quantitative estimate of drug-likeness (QED) is 0.745. The summed E-state index contributed by atoms with van der Waals surface area (Å²) in [6.07, 6.45) is 4.31. The maximum atomic E-state index is 12.3. The maximum absolute atomic E-state index is 12.3. The van der Waals surface area contributed by atoms with E-state index in [9.17, 15) is 9.59 Å². The number of nitrogens with zero attached hydrogens (tertiary/aromatic N) is 2. The number of nitrogens with one attached hydrogen (secondary N) is 2. The summed E-state index contributed by atoms with van der Waals surface area (Å²) in [4.78, 5) is 33.7. The van der Waals surface area contributed by atoms with Crippen LogP contribution in [0.4, 0.5) is 5.69 Å². The van der Waals surface area contributed by atoms with Gasteiger partial charge in [-0.15, -0.1) is 22.7 Å². The first kappa shape index (κ1) is 15.3. The lowest BCUT2D eigenvalue weighted by Crippen LogP contribution is -2.23. The fourth-order valence-electron chi connectivity index (χ4n) is 1.85. The standard InChI is InChI=1S/C15H12N4O2S2/c20-14(12-9-16-4-5-17-12)19-11-3-7-23-13(11)15(21)18-8-10-2-1-6-22-10/h1-7,9H,8H2,(H,18,21)(H,19,20). The third-order valence-corrected chi connectivity index (χ3v) is 4.71. The molecule has 8 heteroatoms. The monoisotopic (exact) mass is 344 g/mol. The highest BCUT2D eigenvalue weighted by Crippen LogP contribution is 2.23. The van der Waals surface area contributed by atoms with E-state index in [0.717, 1.165) is 4.88 Å². The Bertz CT molecular complexity index is 800. The number of amides is 2. The molecule has 0 aromatic carbocycles. The van der Waals surface area contributed by atoms with Gasteiger partial charge in [0.1, 0.15) is 10.6 Å². The van der Waals surface area contributed by atoms with Crippen LogP contribution in [0.5, 0.6) is 0 Å². The smallest absolute Gasteiger partial charge is 0.275 e. The van der Waals surface area contributed by atoms with Gasteiger partial charge in [0.2, 0.25) is 0 Å². The van der Waals surface area contributed by atoms with Crippen molar-refractivity contribution in [2.24, 2.45) is 0 Å². The first-order chi connectivity index (χ1) is 11.2. The minimum absolute atomic E-state index is 0.198. The van der Waals surface area contributed by atoms with Crippen LogP contribution in [-0.2, 0) is 6.54 Å². The van der Waals surface area contributed by atoms with Crippen LogP contribution >= 0.6 is 22.7 Å². The molecular formula is C15H12N4O2S2. The Kier molecular flexibility index (Phi) is 4.74. The third kappa shape index (κ3) is 3.79. The van der Waals surface area contributed by atoms with Crippen molar-refractivity contribution in [1.82, 2.24) is 15.3 Å². The molecule has 0 fully saturated rings. The lowest BCUT2D eigenvalue weighted by atomic mass is 10.3. The Morgan fingerprint density at radius 3 is 2.74 bits per heavy atom. The molecule has 0 spiro atoms. The van der Waals surface area contributed by atoms with Gasteiger partial charge in [-0.3, -0.25) is 14.6 Å². The van der Waals surface area contributed by atoms with E-state index in [4.69, 9.17) is 0 Å². The van der Waals surface area contributed by atoms with Gasteiger partial charge < -0.3 is 10.6 Å². The Hall–Kier alpha value is -2.58. The van der Waals surface area contributed by atoms with Gasteiger partial charge in [0.25, 0.3) is 11.8 Å². The summed E-state index contributed by atoms with van der Waals surface area (Å²) < 4.78 is 0. The Labute approximate surface area is 140 Å². The molecule has 0 saturated carbocycles. The number of carbonyl (C=O) groups is 2. The van der Waals surface area contributed by atoms with Gasteiger partial charge >= 0.3 is 0 Å². The van der Waals surface area contributed by atoms with Crippen molar-refractivity contribution in [2.75, 3.05) is 5.32 Å². The van der Waals surface area contributed by atoms with E-state index in [-0.39, 0.29) is 11.6 Å². The average molecular weight is 344 g/mol. The van der Waals surface area contributed by atoms with Crippen LogP contribution in [-0.4, -0.2) is 21.8 Å². The van der Waals surface area contributed by atoms with Crippen molar-refractivity contribution in [3.8, 4) is 0 Å². The number of anilines is 1. The molecule has 0 aliphatic rings. The summed E-state index contributed by atoms with van der Waals surface area (Å²) in [5.41, 5.74) is 0.665. The Morgan fingerprint density at radius 1 is 1.09 bits per heavy atom. The second kappa shape index (κ2) is 7.12. The van der Waals surface area contributed by atoms with Crippen LogP contribution in [0.25, 0.3) is 0 Å². The molecule has 0 unspecified atom stereocenters. The number of hydrogen-bond acceptors (Lipinski definition) is 6.